The second-order valence-corrected chi connectivity index (χ2v) is 5.25. The fraction of sp³-hybridized carbons (Fsp3) is 0.250. The van der Waals surface area contributed by atoms with Gasteiger partial charge in [0.15, 0.2) is 0 Å². The van der Waals surface area contributed by atoms with Crippen LogP contribution < -0.4 is 4.90 Å². The van der Waals surface area contributed by atoms with E-state index in [2.05, 4.69) is 50.2 Å². The first kappa shape index (κ1) is 11.5. The van der Waals surface area contributed by atoms with Crippen molar-refractivity contribution in [1.82, 2.24) is 15.0 Å². The molecular weight excluding hydrogens is 248 g/mol. The van der Waals surface area contributed by atoms with E-state index in [0.717, 1.165) is 16.7 Å². The van der Waals surface area contributed by atoms with Gasteiger partial charge in [0.2, 0.25) is 0 Å². The van der Waals surface area contributed by atoms with E-state index in [1.165, 1.54) is 37.2 Å². The van der Waals surface area contributed by atoms with E-state index in [4.69, 9.17) is 0 Å². The van der Waals surface area contributed by atoms with Crippen LogP contribution in [-0.4, -0.2) is 28.0 Å². The Morgan fingerprint density at radius 2 is 1.85 bits per heavy atom. The number of aromatic amines is 1. The first-order valence-corrected chi connectivity index (χ1v) is 7.04. The molecule has 1 aliphatic rings. The molecule has 1 saturated heterocycles. The number of benzene rings is 1. The van der Waals surface area contributed by atoms with E-state index in [0.29, 0.717) is 0 Å². The van der Waals surface area contributed by atoms with Crippen molar-refractivity contribution >= 4 is 16.7 Å². The average molecular weight is 264 g/mol. The zero-order valence-corrected chi connectivity index (χ0v) is 11.2. The van der Waals surface area contributed by atoms with Crippen LogP contribution >= 0.6 is 0 Å². The number of aromatic nitrogens is 3. The van der Waals surface area contributed by atoms with Gasteiger partial charge in [-0.1, -0.05) is 12.1 Å². The lowest BCUT2D eigenvalue weighted by molar-refractivity contribution is 0.949. The Labute approximate surface area is 117 Å². The van der Waals surface area contributed by atoms with Gasteiger partial charge >= 0.3 is 0 Å². The van der Waals surface area contributed by atoms with Crippen molar-refractivity contribution in [1.29, 1.82) is 0 Å². The van der Waals surface area contributed by atoms with Gasteiger partial charge in [-0.05, 0) is 36.6 Å². The molecule has 20 heavy (non-hydrogen) atoms. The van der Waals surface area contributed by atoms with Crippen molar-refractivity contribution in [3.63, 3.8) is 0 Å². The number of anilines is 1. The van der Waals surface area contributed by atoms with Crippen LogP contribution in [0.25, 0.3) is 22.3 Å². The highest BCUT2D eigenvalue weighted by atomic mass is 15.1. The lowest BCUT2D eigenvalue weighted by Crippen LogP contribution is -2.17. The minimum atomic E-state index is 0.888. The molecule has 1 fully saturated rings. The number of H-pyrrole nitrogens is 1. The predicted octanol–water partition coefficient (Wildman–Crippen LogP) is 3.23. The fourth-order valence-corrected chi connectivity index (χ4v) is 2.85. The van der Waals surface area contributed by atoms with E-state index in [1.54, 1.807) is 6.33 Å². The third-order valence-corrected chi connectivity index (χ3v) is 3.94. The number of fused-ring (bicyclic) bond motifs is 1. The molecule has 1 aliphatic heterocycles. The summed E-state index contributed by atoms with van der Waals surface area (Å²) in [5, 5.41) is 1.05. The summed E-state index contributed by atoms with van der Waals surface area (Å²) in [5.41, 5.74) is 4.49. The second kappa shape index (κ2) is 4.63. The predicted molar refractivity (Wildman–Crippen MR) is 80.8 cm³/mol. The smallest absolute Gasteiger partial charge is 0.141 e. The van der Waals surface area contributed by atoms with Crippen molar-refractivity contribution in [2.24, 2.45) is 0 Å². The standard InChI is InChI=1S/C16H16N4/c1-2-8-20(7-1)14-5-3-12(4-6-14)15-9-13-10-17-11-18-16(13)19-15/h3-6,9-11H,1-2,7-8H2,(H,17,18,19). The van der Waals surface area contributed by atoms with Crippen molar-refractivity contribution < 1.29 is 0 Å². The van der Waals surface area contributed by atoms with Gasteiger partial charge in [-0.15, -0.1) is 0 Å². The Hall–Kier alpha value is -2.36. The van der Waals surface area contributed by atoms with Crippen LogP contribution in [0.1, 0.15) is 12.8 Å². The van der Waals surface area contributed by atoms with Crippen LogP contribution in [0.3, 0.4) is 0 Å². The molecule has 4 heteroatoms. The van der Waals surface area contributed by atoms with E-state index in [-0.39, 0.29) is 0 Å². The van der Waals surface area contributed by atoms with Gasteiger partial charge in [0.25, 0.3) is 0 Å². The topological polar surface area (TPSA) is 44.8 Å². The highest BCUT2D eigenvalue weighted by molar-refractivity contribution is 5.82. The molecule has 0 amide bonds. The Morgan fingerprint density at radius 1 is 1.05 bits per heavy atom. The van der Waals surface area contributed by atoms with Crippen molar-refractivity contribution in [3.8, 4) is 11.3 Å². The summed E-state index contributed by atoms with van der Waals surface area (Å²) in [6.07, 6.45) is 6.02. The van der Waals surface area contributed by atoms with Crippen LogP contribution in [0.5, 0.6) is 0 Å². The number of nitrogens with zero attached hydrogens (tertiary/aromatic N) is 3. The van der Waals surface area contributed by atoms with E-state index >= 15 is 0 Å². The Bertz CT molecular complexity index is 691. The van der Waals surface area contributed by atoms with Crippen molar-refractivity contribution in [3.05, 3.63) is 42.9 Å². The zero-order valence-electron chi connectivity index (χ0n) is 11.2. The van der Waals surface area contributed by atoms with Gasteiger partial charge in [-0.3, -0.25) is 0 Å². The maximum absolute atomic E-state index is 4.23. The van der Waals surface area contributed by atoms with Crippen LogP contribution in [0.2, 0.25) is 0 Å². The maximum Gasteiger partial charge on any atom is 0.141 e. The molecule has 2 aromatic heterocycles. The minimum absolute atomic E-state index is 0.888. The molecule has 4 rings (SSSR count). The molecule has 0 bridgehead atoms. The summed E-state index contributed by atoms with van der Waals surface area (Å²) >= 11 is 0. The average Bonchev–Trinajstić information content (AvgIpc) is 3.17. The Morgan fingerprint density at radius 3 is 2.60 bits per heavy atom. The van der Waals surface area contributed by atoms with Gasteiger partial charge in [0, 0.05) is 36.1 Å². The molecule has 0 aliphatic carbocycles. The van der Waals surface area contributed by atoms with Crippen LogP contribution in [0, 0.1) is 0 Å². The lowest BCUT2D eigenvalue weighted by atomic mass is 10.1. The fourth-order valence-electron chi connectivity index (χ4n) is 2.85. The summed E-state index contributed by atoms with van der Waals surface area (Å²) in [4.78, 5) is 14.1. The Kier molecular flexibility index (Phi) is 2.66. The molecular formula is C16H16N4. The summed E-state index contributed by atoms with van der Waals surface area (Å²) in [5.74, 6) is 0. The quantitative estimate of drug-likeness (QED) is 0.773. The summed E-state index contributed by atoms with van der Waals surface area (Å²) in [6.45, 7) is 2.36. The molecule has 0 radical (unpaired) electrons. The van der Waals surface area contributed by atoms with Gasteiger partial charge in [0.05, 0.1) is 0 Å². The van der Waals surface area contributed by atoms with Crippen molar-refractivity contribution in [2.45, 2.75) is 12.8 Å². The summed E-state index contributed by atoms with van der Waals surface area (Å²) in [6, 6.07) is 10.9. The molecule has 0 unspecified atom stereocenters. The maximum atomic E-state index is 4.23. The molecule has 1 aromatic carbocycles. The van der Waals surface area contributed by atoms with Gasteiger partial charge in [-0.25, -0.2) is 9.97 Å². The van der Waals surface area contributed by atoms with Crippen molar-refractivity contribution in [2.75, 3.05) is 18.0 Å². The number of hydrogen-bond donors (Lipinski definition) is 1. The van der Waals surface area contributed by atoms with Gasteiger partial charge < -0.3 is 9.88 Å². The molecule has 1 N–H and O–H groups in total. The van der Waals surface area contributed by atoms with E-state index in [9.17, 15) is 0 Å². The third-order valence-electron chi connectivity index (χ3n) is 3.94. The summed E-state index contributed by atoms with van der Waals surface area (Å²) in [7, 11) is 0. The van der Waals surface area contributed by atoms with Crippen LogP contribution in [0.4, 0.5) is 5.69 Å². The zero-order chi connectivity index (χ0) is 13.4. The van der Waals surface area contributed by atoms with E-state index < -0.39 is 0 Å². The molecule has 0 saturated carbocycles. The van der Waals surface area contributed by atoms with Gasteiger partial charge in [0.1, 0.15) is 12.0 Å². The molecule has 3 aromatic rings. The first-order chi connectivity index (χ1) is 9.90. The number of nitrogens with one attached hydrogen (secondary N) is 1. The number of rotatable bonds is 2. The lowest BCUT2D eigenvalue weighted by Gasteiger charge is -2.17. The van der Waals surface area contributed by atoms with E-state index in [1.807, 2.05) is 6.20 Å². The molecule has 4 nitrogen and oxygen atoms in total. The second-order valence-electron chi connectivity index (χ2n) is 5.25. The molecule has 100 valence electrons. The monoisotopic (exact) mass is 264 g/mol. The molecule has 0 spiro atoms. The number of hydrogen-bond acceptors (Lipinski definition) is 3. The molecule has 0 atom stereocenters. The van der Waals surface area contributed by atoms with Crippen LogP contribution in [-0.2, 0) is 0 Å². The first-order valence-electron chi connectivity index (χ1n) is 7.04. The normalized spacial score (nSPS) is 15.1. The third kappa shape index (κ3) is 1.93. The summed E-state index contributed by atoms with van der Waals surface area (Å²) < 4.78 is 0. The molecule has 3 heterocycles. The Balaban J connectivity index is 1.67. The minimum Gasteiger partial charge on any atom is -0.372 e. The highest BCUT2D eigenvalue weighted by Crippen LogP contribution is 2.26. The largest absolute Gasteiger partial charge is 0.372 e. The SMILES string of the molecule is c1ncc2cc(-c3ccc(N4CCCC4)cc3)[nH]c2n1. The highest BCUT2D eigenvalue weighted by Gasteiger charge is 2.12. The van der Waals surface area contributed by atoms with Gasteiger partial charge in [-0.2, -0.15) is 0 Å². The van der Waals surface area contributed by atoms with Crippen LogP contribution in [0.15, 0.2) is 42.9 Å².